The lowest BCUT2D eigenvalue weighted by atomic mass is 9.96. The fourth-order valence-electron chi connectivity index (χ4n) is 4.45. The number of aromatic nitrogens is 1. The fourth-order valence-corrected chi connectivity index (χ4v) is 4.45. The number of anilines is 1. The van der Waals surface area contributed by atoms with Crippen molar-refractivity contribution < 1.29 is 19.1 Å². The Hall–Kier alpha value is -3.84. The van der Waals surface area contributed by atoms with E-state index >= 15 is 0 Å². The van der Waals surface area contributed by atoms with E-state index in [-0.39, 0.29) is 6.10 Å². The number of carbonyl (C=O) groups excluding carboxylic acids is 1. The summed E-state index contributed by atoms with van der Waals surface area (Å²) in [4.78, 5) is 16.7. The Kier molecular flexibility index (Phi) is 7.07. The molecule has 0 fully saturated rings. The molecule has 182 valence electrons. The SMILES string of the molecule is CCn1c2ccc(N)cc2c2cc(/C(=N/OC(C)=O)c3ccc(OC(C)COC)cc3C)ccc21. The number of ether oxygens (including phenoxy) is 2. The van der Waals surface area contributed by atoms with Crippen LogP contribution in [0.15, 0.2) is 59.8 Å². The number of nitrogens with zero attached hydrogens (tertiary/aromatic N) is 2. The molecule has 1 atom stereocenters. The summed E-state index contributed by atoms with van der Waals surface area (Å²) in [6, 6.07) is 17.9. The Labute approximate surface area is 205 Å². The van der Waals surface area contributed by atoms with Crippen molar-refractivity contribution in [2.24, 2.45) is 5.16 Å². The van der Waals surface area contributed by atoms with Crippen LogP contribution in [0.2, 0.25) is 0 Å². The molecule has 1 unspecified atom stereocenters. The van der Waals surface area contributed by atoms with E-state index in [9.17, 15) is 4.79 Å². The van der Waals surface area contributed by atoms with Crippen molar-refractivity contribution in [3.8, 4) is 5.75 Å². The lowest BCUT2D eigenvalue weighted by molar-refractivity contribution is -0.140. The zero-order valence-corrected chi connectivity index (χ0v) is 20.8. The molecule has 0 bridgehead atoms. The number of aryl methyl sites for hydroxylation is 2. The maximum absolute atomic E-state index is 11.6. The Morgan fingerprint density at radius 2 is 1.77 bits per heavy atom. The van der Waals surface area contributed by atoms with Crippen LogP contribution in [0.3, 0.4) is 0 Å². The van der Waals surface area contributed by atoms with Gasteiger partial charge in [-0.25, -0.2) is 4.79 Å². The molecule has 0 saturated carbocycles. The van der Waals surface area contributed by atoms with Gasteiger partial charge < -0.3 is 24.6 Å². The van der Waals surface area contributed by atoms with Gasteiger partial charge in [-0.1, -0.05) is 11.2 Å². The molecule has 7 heteroatoms. The number of fused-ring (bicyclic) bond motifs is 3. The molecule has 0 aliphatic carbocycles. The molecule has 35 heavy (non-hydrogen) atoms. The van der Waals surface area contributed by atoms with Gasteiger partial charge in [0.15, 0.2) is 0 Å². The van der Waals surface area contributed by atoms with E-state index in [4.69, 9.17) is 20.0 Å². The monoisotopic (exact) mass is 473 g/mol. The highest BCUT2D eigenvalue weighted by Gasteiger charge is 2.17. The van der Waals surface area contributed by atoms with E-state index in [1.54, 1.807) is 7.11 Å². The first-order valence-electron chi connectivity index (χ1n) is 11.7. The molecular formula is C28H31N3O4. The highest BCUT2D eigenvalue weighted by Crippen LogP contribution is 2.32. The highest BCUT2D eigenvalue weighted by atomic mass is 16.7. The van der Waals surface area contributed by atoms with Crippen LogP contribution < -0.4 is 10.5 Å². The van der Waals surface area contributed by atoms with E-state index in [1.807, 2.05) is 50.2 Å². The number of hydrogen-bond donors (Lipinski definition) is 1. The minimum absolute atomic E-state index is 0.0786. The first kappa shape index (κ1) is 24.3. The average Bonchev–Trinajstić information content (AvgIpc) is 3.12. The summed E-state index contributed by atoms with van der Waals surface area (Å²) in [5, 5.41) is 6.39. The largest absolute Gasteiger partial charge is 0.488 e. The minimum Gasteiger partial charge on any atom is -0.488 e. The van der Waals surface area contributed by atoms with Gasteiger partial charge >= 0.3 is 5.97 Å². The van der Waals surface area contributed by atoms with Gasteiger partial charge in [0, 0.05) is 59.2 Å². The molecule has 1 heterocycles. The second-order valence-corrected chi connectivity index (χ2v) is 8.64. The maximum atomic E-state index is 11.6. The highest BCUT2D eigenvalue weighted by molar-refractivity contribution is 6.17. The van der Waals surface area contributed by atoms with Crippen LogP contribution in [-0.2, 0) is 20.9 Å². The molecule has 7 nitrogen and oxygen atoms in total. The minimum atomic E-state index is -0.482. The van der Waals surface area contributed by atoms with Crippen molar-refractivity contribution in [2.45, 2.75) is 40.3 Å². The van der Waals surface area contributed by atoms with Gasteiger partial charge in [0.2, 0.25) is 0 Å². The molecule has 0 aliphatic rings. The number of nitrogen functional groups attached to an aromatic ring is 1. The number of carbonyl (C=O) groups is 1. The van der Waals surface area contributed by atoms with Crippen LogP contribution in [0, 0.1) is 6.92 Å². The fraction of sp³-hybridized carbons (Fsp3) is 0.286. The van der Waals surface area contributed by atoms with E-state index in [0.717, 1.165) is 50.8 Å². The van der Waals surface area contributed by atoms with Crippen LogP contribution in [0.1, 0.15) is 37.5 Å². The Morgan fingerprint density at radius 1 is 1.06 bits per heavy atom. The molecule has 3 aromatic carbocycles. The van der Waals surface area contributed by atoms with Gasteiger partial charge in [-0.2, -0.15) is 0 Å². The summed E-state index contributed by atoms with van der Waals surface area (Å²) in [6.07, 6.45) is -0.0786. The van der Waals surface area contributed by atoms with Crippen LogP contribution in [0.5, 0.6) is 5.75 Å². The van der Waals surface area contributed by atoms with Crippen molar-refractivity contribution in [3.63, 3.8) is 0 Å². The van der Waals surface area contributed by atoms with Crippen LogP contribution in [-0.4, -0.2) is 36.1 Å². The number of benzene rings is 3. The first-order chi connectivity index (χ1) is 16.8. The average molecular weight is 474 g/mol. The van der Waals surface area contributed by atoms with Gasteiger partial charge in [0.05, 0.1) is 6.61 Å². The third-order valence-electron chi connectivity index (χ3n) is 5.94. The van der Waals surface area contributed by atoms with Crippen LogP contribution in [0.25, 0.3) is 21.8 Å². The summed E-state index contributed by atoms with van der Waals surface area (Å²) >= 11 is 0. The van der Waals surface area contributed by atoms with Crippen molar-refractivity contribution in [2.75, 3.05) is 19.5 Å². The molecule has 0 spiro atoms. The molecule has 2 N–H and O–H groups in total. The predicted molar refractivity (Wildman–Crippen MR) is 140 cm³/mol. The number of oxime groups is 1. The normalized spacial score (nSPS) is 12.8. The number of rotatable bonds is 8. The maximum Gasteiger partial charge on any atom is 0.332 e. The van der Waals surface area contributed by atoms with E-state index in [2.05, 4.69) is 34.8 Å². The van der Waals surface area contributed by atoms with Gasteiger partial charge in [0.1, 0.15) is 17.6 Å². The summed E-state index contributed by atoms with van der Waals surface area (Å²) in [5.41, 5.74) is 12.2. The smallest absolute Gasteiger partial charge is 0.332 e. The number of hydrogen-bond acceptors (Lipinski definition) is 6. The van der Waals surface area contributed by atoms with Gasteiger partial charge in [-0.15, -0.1) is 0 Å². The predicted octanol–water partition coefficient (Wildman–Crippen LogP) is 5.43. The topological polar surface area (TPSA) is 88.1 Å². The third kappa shape index (κ3) is 5.00. The Balaban J connectivity index is 1.84. The molecule has 4 rings (SSSR count). The van der Waals surface area contributed by atoms with Gasteiger partial charge in [0.25, 0.3) is 0 Å². The first-order valence-corrected chi connectivity index (χ1v) is 11.7. The van der Waals surface area contributed by atoms with Crippen molar-refractivity contribution in [1.29, 1.82) is 0 Å². The zero-order chi connectivity index (χ0) is 25.1. The van der Waals surface area contributed by atoms with Gasteiger partial charge in [-0.05, 0) is 74.9 Å². The molecule has 0 radical (unpaired) electrons. The summed E-state index contributed by atoms with van der Waals surface area (Å²) in [7, 11) is 1.65. The van der Waals surface area contributed by atoms with Crippen molar-refractivity contribution in [1.82, 2.24) is 4.57 Å². The van der Waals surface area contributed by atoms with E-state index in [0.29, 0.717) is 18.0 Å². The Bertz CT molecular complexity index is 1420. The van der Waals surface area contributed by atoms with Crippen LogP contribution in [0.4, 0.5) is 5.69 Å². The lowest BCUT2D eigenvalue weighted by Crippen LogP contribution is -2.18. The number of nitrogens with two attached hydrogens (primary N) is 1. The second-order valence-electron chi connectivity index (χ2n) is 8.64. The third-order valence-corrected chi connectivity index (χ3v) is 5.94. The summed E-state index contributed by atoms with van der Waals surface area (Å²) in [5.74, 6) is 0.254. The molecule has 1 aromatic heterocycles. The quantitative estimate of drug-likeness (QED) is 0.159. The van der Waals surface area contributed by atoms with Crippen LogP contribution >= 0.6 is 0 Å². The zero-order valence-electron chi connectivity index (χ0n) is 20.8. The van der Waals surface area contributed by atoms with Crippen molar-refractivity contribution in [3.05, 3.63) is 71.3 Å². The number of methoxy groups -OCH3 is 1. The molecule has 0 saturated heterocycles. The Morgan fingerprint density at radius 3 is 2.43 bits per heavy atom. The molecular weight excluding hydrogens is 442 g/mol. The molecule has 0 aliphatic heterocycles. The van der Waals surface area contributed by atoms with Gasteiger partial charge in [-0.3, -0.25) is 0 Å². The lowest BCUT2D eigenvalue weighted by Gasteiger charge is -2.16. The summed E-state index contributed by atoms with van der Waals surface area (Å²) < 4.78 is 13.4. The molecule has 0 amide bonds. The standard InChI is InChI=1S/C28H31N3O4/c1-6-31-26-11-7-20(14-24(26)25-15-21(29)8-12-27(25)31)28(30-35-19(4)32)23-10-9-22(13-17(23)2)34-18(3)16-33-5/h7-15,18H,6,16,29H2,1-5H3/b30-28-. The second kappa shape index (κ2) is 10.2. The van der Waals surface area contributed by atoms with E-state index in [1.165, 1.54) is 6.92 Å². The van der Waals surface area contributed by atoms with Crippen molar-refractivity contribution >= 4 is 39.2 Å². The molecule has 4 aromatic rings. The van der Waals surface area contributed by atoms with E-state index < -0.39 is 5.97 Å². The summed E-state index contributed by atoms with van der Waals surface area (Å²) in [6.45, 7) is 8.72.